The third-order valence-electron chi connectivity index (χ3n) is 4.76. The molecule has 0 aromatic carbocycles. The number of aliphatic hydroxyl groups is 1. The molecule has 2 aliphatic carbocycles. The highest BCUT2D eigenvalue weighted by Gasteiger charge is 2.49. The average Bonchev–Trinajstić information content (AvgIpc) is 2.61. The molecule has 0 aromatic rings. The Hall–Kier alpha value is -0.570. The minimum atomic E-state index is -0.708. The first kappa shape index (κ1) is 12.9. The van der Waals surface area contributed by atoms with E-state index in [1.807, 2.05) is 0 Å². The number of carbonyl (C=O) groups is 1. The zero-order valence-electron chi connectivity index (χ0n) is 10.7. The van der Waals surface area contributed by atoms with Crippen LogP contribution in [0.2, 0.25) is 0 Å². The molecule has 98 valence electrons. The van der Waals surface area contributed by atoms with Crippen LogP contribution in [0.4, 0.5) is 0 Å². The molecule has 2 fully saturated rings. The van der Waals surface area contributed by atoms with Crippen LogP contribution in [-0.2, 0) is 4.79 Å². The fourth-order valence-corrected chi connectivity index (χ4v) is 3.84. The molecule has 0 radical (unpaired) electrons. The second-order valence-corrected chi connectivity index (χ2v) is 6.40. The van der Waals surface area contributed by atoms with Crippen LogP contribution in [0, 0.1) is 11.3 Å². The second-order valence-electron chi connectivity index (χ2n) is 6.40. The van der Waals surface area contributed by atoms with Crippen LogP contribution in [-0.4, -0.2) is 21.8 Å². The summed E-state index contributed by atoms with van der Waals surface area (Å²) in [7, 11) is 0. The van der Waals surface area contributed by atoms with E-state index >= 15 is 0 Å². The predicted molar refractivity (Wildman–Crippen MR) is 65.7 cm³/mol. The van der Waals surface area contributed by atoms with Crippen LogP contribution in [0.1, 0.15) is 64.7 Å². The topological polar surface area (TPSA) is 57.5 Å². The van der Waals surface area contributed by atoms with Gasteiger partial charge in [-0.1, -0.05) is 26.2 Å². The van der Waals surface area contributed by atoms with Crippen LogP contribution < -0.4 is 0 Å². The molecule has 0 spiro atoms. The van der Waals surface area contributed by atoms with Crippen molar-refractivity contribution in [2.75, 3.05) is 0 Å². The molecular weight excluding hydrogens is 216 g/mol. The van der Waals surface area contributed by atoms with Gasteiger partial charge in [-0.05, 0) is 44.4 Å². The van der Waals surface area contributed by atoms with Gasteiger partial charge in [-0.25, -0.2) is 0 Å². The summed E-state index contributed by atoms with van der Waals surface area (Å²) in [6.07, 6.45) is 7.79. The number of carboxylic acids is 1. The molecule has 3 nitrogen and oxygen atoms in total. The normalized spacial score (nSPS) is 36.9. The Morgan fingerprint density at radius 1 is 1.24 bits per heavy atom. The maximum absolute atomic E-state index is 11.6. The first-order valence-corrected chi connectivity index (χ1v) is 6.92. The summed E-state index contributed by atoms with van der Waals surface area (Å²) in [5, 5.41) is 20.1. The van der Waals surface area contributed by atoms with Gasteiger partial charge >= 0.3 is 5.97 Å². The van der Waals surface area contributed by atoms with Gasteiger partial charge in [0, 0.05) is 0 Å². The number of hydrogen-bond acceptors (Lipinski definition) is 2. The SMILES string of the molecule is CC1CCC(CC2(O)CCCCC2)(C(=O)O)C1. The Labute approximate surface area is 103 Å². The summed E-state index contributed by atoms with van der Waals surface area (Å²) >= 11 is 0. The van der Waals surface area contributed by atoms with Crippen molar-refractivity contribution in [2.45, 2.75) is 70.3 Å². The van der Waals surface area contributed by atoms with Crippen LogP contribution in [0.5, 0.6) is 0 Å². The quantitative estimate of drug-likeness (QED) is 0.797. The summed E-state index contributed by atoms with van der Waals surface area (Å²) in [4.78, 5) is 11.6. The van der Waals surface area contributed by atoms with E-state index in [0.29, 0.717) is 12.3 Å². The van der Waals surface area contributed by atoms with Gasteiger partial charge in [0.2, 0.25) is 0 Å². The molecule has 2 unspecified atom stereocenters. The predicted octanol–water partition coefficient (Wildman–Crippen LogP) is 2.96. The molecule has 2 saturated carbocycles. The van der Waals surface area contributed by atoms with Crippen molar-refractivity contribution in [3.05, 3.63) is 0 Å². The van der Waals surface area contributed by atoms with Crippen LogP contribution in [0.25, 0.3) is 0 Å². The van der Waals surface area contributed by atoms with Gasteiger partial charge in [0.1, 0.15) is 0 Å². The van der Waals surface area contributed by atoms with E-state index in [0.717, 1.165) is 44.9 Å². The fraction of sp³-hybridized carbons (Fsp3) is 0.929. The van der Waals surface area contributed by atoms with E-state index in [1.54, 1.807) is 0 Å². The number of rotatable bonds is 3. The maximum Gasteiger partial charge on any atom is 0.309 e. The summed E-state index contributed by atoms with van der Waals surface area (Å²) in [5.74, 6) is -0.209. The first-order valence-electron chi connectivity index (χ1n) is 6.92. The molecule has 0 amide bonds. The summed E-state index contributed by atoms with van der Waals surface area (Å²) < 4.78 is 0. The monoisotopic (exact) mass is 240 g/mol. The van der Waals surface area contributed by atoms with Gasteiger partial charge in [-0.3, -0.25) is 4.79 Å². The van der Waals surface area contributed by atoms with Crippen molar-refractivity contribution >= 4 is 5.97 Å². The third-order valence-corrected chi connectivity index (χ3v) is 4.76. The largest absolute Gasteiger partial charge is 0.481 e. The molecule has 17 heavy (non-hydrogen) atoms. The number of carboxylic acid groups (broad SMARTS) is 1. The van der Waals surface area contributed by atoms with Crippen molar-refractivity contribution in [2.24, 2.45) is 11.3 Å². The Balaban J connectivity index is 2.10. The average molecular weight is 240 g/mol. The number of hydrogen-bond donors (Lipinski definition) is 2. The Kier molecular flexibility index (Phi) is 3.48. The second kappa shape index (κ2) is 4.60. The molecule has 0 heterocycles. The van der Waals surface area contributed by atoms with Crippen molar-refractivity contribution in [3.8, 4) is 0 Å². The third kappa shape index (κ3) is 2.65. The molecule has 0 bridgehead atoms. The van der Waals surface area contributed by atoms with E-state index in [2.05, 4.69) is 6.92 Å². The van der Waals surface area contributed by atoms with Gasteiger partial charge in [0.05, 0.1) is 11.0 Å². The fourth-order valence-electron chi connectivity index (χ4n) is 3.84. The molecule has 2 aliphatic rings. The smallest absolute Gasteiger partial charge is 0.309 e. The number of aliphatic carboxylic acids is 1. The summed E-state index contributed by atoms with van der Waals surface area (Å²) in [6.45, 7) is 2.12. The van der Waals surface area contributed by atoms with E-state index < -0.39 is 17.0 Å². The zero-order valence-corrected chi connectivity index (χ0v) is 10.7. The maximum atomic E-state index is 11.6. The van der Waals surface area contributed by atoms with Crippen LogP contribution in [0.3, 0.4) is 0 Å². The van der Waals surface area contributed by atoms with E-state index in [9.17, 15) is 15.0 Å². The lowest BCUT2D eigenvalue weighted by Crippen LogP contribution is -2.41. The van der Waals surface area contributed by atoms with E-state index in [1.165, 1.54) is 6.42 Å². The molecule has 0 saturated heterocycles. The van der Waals surface area contributed by atoms with Crippen molar-refractivity contribution < 1.29 is 15.0 Å². The minimum absolute atomic E-state index is 0.472. The molecule has 2 atom stereocenters. The Morgan fingerprint density at radius 3 is 2.35 bits per heavy atom. The lowest BCUT2D eigenvalue weighted by molar-refractivity contribution is -0.154. The lowest BCUT2D eigenvalue weighted by Gasteiger charge is -2.38. The van der Waals surface area contributed by atoms with Crippen LogP contribution >= 0.6 is 0 Å². The Bertz CT molecular complexity index is 294. The molecular formula is C14H24O3. The van der Waals surface area contributed by atoms with Crippen molar-refractivity contribution in [1.29, 1.82) is 0 Å². The first-order chi connectivity index (χ1) is 7.96. The Morgan fingerprint density at radius 2 is 1.88 bits per heavy atom. The molecule has 0 aliphatic heterocycles. The highest BCUT2D eigenvalue weighted by Crippen LogP contribution is 2.49. The van der Waals surface area contributed by atoms with Crippen molar-refractivity contribution in [3.63, 3.8) is 0 Å². The standard InChI is InChI=1S/C14H24O3/c1-11-5-8-13(9-11,12(15)16)10-14(17)6-3-2-4-7-14/h11,17H,2-10H2,1H3,(H,15,16). The highest BCUT2D eigenvalue weighted by molar-refractivity contribution is 5.75. The van der Waals surface area contributed by atoms with E-state index in [-0.39, 0.29) is 0 Å². The van der Waals surface area contributed by atoms with Crippen molar-refractivity contribution in [1.82, 2.24) is 0 Å². The van der Waals surface area contributed by atoms with Gasteiger partial charge in [0.25, 0.3) is 0 Å². The minimum Gasteiger partial charge on any atom is -0.481 e. The van der Waals surface area contributed by atoms with Gasteiger partial charge < -0.3 is 10.2 Å². The summed E-state index contributed by atoms with van der Waals surface area (Å²) in [5.41, 5.74) is -1.35. The molecule has 2 N–H and O–H groups in total. The lowest BCUT2D eigenvalue weighted by atomic mass is 9.70. The van der Waals surface area contributed by atoms with E-state index in [4.69, 9.17) is 0 Å². The van der Waals surface area contributed by atoms with Gasteiger partial charge in [-0.15, -0.1) is 0 Å². The zero-order chi connectivity index (χ0) is 12.5. The molecule has 2 rings (SSSR count). The van der Waals surface area contributed by atoms with Gasteiger partial charge in [0.15, 0.2) is 0 Å². The molecule has 0 aromatic heterocycles. The summed E-state index contributed by atoms with van der Waals surface area (Å²) in [6, 6.07) is 0. The highest BCUT2D eigenvalue weighted by atomic mass is 16.4. The van der Waals surface area contributed by atoms with Crippen LogP contribution in [0.15, 0.2) is 0 Å². The molecule has 3 heteroatoms. The van der Waals surface area contributed by atoms with Gasteiger partial charge in [-0.2, -0.15) is 0 Å².